The van der Waals surface area contributed by atoms with Crippen molar-refractivity contribution in [2.45, 2.75) is 0 Å². The van der Waals surface area contributed by atoms with Crippen LogP contribution in [0.2, 0.25) is 0 Å². The molecule has 1 N–H and O–H groups in total. The largest absolute Gasteiger partial charge is 0.507 e. The maximum Gasteiger partial charge on any atom is 0.270 e. The number of phenolic OH excluding ortho intramolecular Hbond substituents is 1. The Hall–Kier alpha value is -3.14. The Balaban J connectivity index is 2.27. The fourth-order valence-corrected chi connectivity index (χ4v) is 2.44. The lowest BCUT2D eigenvalue weighted by atomic mass is 9.93. The van der Waals surface area contributed by atoms with Gasteiger partial charge in [0.15, 0.2) is 0 Å². The molecular weight excluding hydrogens is 278 g/mol. The average Bonchev–Trinajstić information content (AvgIpc) is 2.55. The molecule has 3 rings (SSSR count). The monoisotopic (exact) mass is 291 g/mol. The Kier molecular flexibility index (Phi) is 3.58. The topological polar surface area (TPSA) is 63.4 Å². The van der Waals surface area contributed by atoms with E-state index in [9.17, 15) is 15.2 Å². The molecule has 0 aliphatic heterocycles. The van der Waals surface area contributed by atoms with Crippen LogP contribution in [0.3, 0.4) is 0 Å². The number of nitro groups is 1. The molecule has 0 spiro atoms. The number of nitro benzene ring substituents is 1. The molecule has 3 aromatic carbocycles. The van der Waals surface area contributed by atoms with Gasteiger partial charge in [-0.05, 0) is 28.8 Å². The van der Waals surface area contributed by atoms with E-state index in [1.165, 1.54) is 12.1 Å². The van der Waals surface area contributed by atoms with E-state index in [4.69, 9.17) is 0 Å². The molecule has 0 atom stereocenters. The van der Waals surface area contributed by atoms with Gasteiger partial charge < -0.3 is 5.11 Å². The molecule has 4 heteroatoms. The Labute approximate surface area is 127 Å². The van der Waals surface area contributed by atoms with Gasteiger partial charge in [0.1, 0.15) is 5.75 Å². The number of non-ortho nitro benzene ring substituents is 1. The van der Waals surface area contributed by atoms with Crippen molar-refractivity contribution < 1.29 is 10.0 Å². The minimum Gasteiger partial charge on any atom is -0.507 e. The van der Waals surface area contributed by atoms with Crippen LogP contribution in [0, 0.1) is 10.1 Å². The van der Waals surface area contributed by atoms with Gasteiger partial charge in [-0.25, -0.2) is 0 Å². The molecule has 0 aromatic heterocycles. The summed E-state index contributed by atoms with van der Waals surface area (Å²) in [7, 11) is 0. The summed E-state index contributed by atoms with van der Waals surface area (Å²) in [6.45, 7) is 0. The van der Waals surface area contributed by atoms with Crippen LogP contribution in [0.15, 0.2) is 72.8 Å². The van der Waals surface area contributed by atoms with Gasteiger partial charge in [0.25, 0.3) is 5.69 Å². The van der Waals surface area contributed by atoms with Crippen molar-refractivity contribution in [3.8, 4) is 28.0 Å². The summed E-state index contributed by atoms with van der Waals surface area (Å²) in [6, 6.07) is 21.1. The summed E-state index contributed by atoms with van der Waals surface area (Å²) >= 11 is 0. The highest BCUT2D eigenvalue weighted by Gasteiger charge is 2.15. The first-order valence-corrected chi connectivity index (χ1v) is 6.79. The molecule has 22 heavy (non-hydrogen) atoms. The van der Waals surface area contributed by atoms with E-state index in [0.29, 0.717) is 11.1 Å². The molecular formula is C18H13NO3. The third kappa shape index (κ3) is 2.54. The first-order valence-electron chi connectivity index (χ1n) is 6.79. The van der Waals surface area contributed by atoms with Crippen LogP contribution in [-0.2, 0) is 0 Å². The van der Waals surface area contributed by atoms with E-state index in [2.05, 4.69) is 0 Å². The number of phenols is 1. The van der Waals surface area contributed by atoms with Gasteiger partial charge in [0.05, 0.1) is 4.92 Å². The second-order valence-electron chi connectivity index (χ2n) is 4.87. The zero-order valence-electron chi connectivity index (χ0n) is 11.6. The number of benzene rings is 3. The van der Waals surface area contributed by atoms with Crippen LogP contribution in [0.25, 0.3) is 22.3 Å². The minimum absolute atomic E-state index is 0.00191. The predicted molar refractivity (Wildman–Crippen MR) is 85.6 cm³/mol. The number of hydrogen-bond acceptors (Lipinski definition) is 3. The first kappa shape index (κ1) is 13.8. The van der Waals surface area contributed by atoms with E-state index >= 15 is 0 Å². The first-order chi connectivity index (χ1) is 10.7. The second kappa shape index (κ2) is 5.69. The number of hydrogen-bond donors (Lipinski definition) is 1. The average molecular weight is 291 g/mol. The summed E-state index contributed by atoms with van der Waals surface area (Å²) in [6.07, 6.45) is 0. The number of para-hydroxylation sites is 1. The lowest BCUT2D eigenvalue weighted by molar-refractivity contribution is -0.384. The van der Waals surface area contributed by atoms with Gasteiger partial charge in [-0.3, -0.25) is 10.1 Å². The number of rotatable bonds is 3. The normalized spacial score (nSPS) is 10.4. The molecule has 0 unspecified atom stereocenters. The van der Waals surface area contributed by atoms with Gasteiger partial charge in [-0.1, -0.05) is 48.5 Å². The Morgan fingerprint density at radius 1 is 0.773 bits per heavy atom. The van der Waals surface area contributed by atoms with Gasteiger partial charge in [0, 0.05) is 17.7 Å². The van der Waals surface area contributed by atoms with E-state index in [-0.39, 0.29) is 11.4 Å². The summed E-state index contributed by atoms with van der Waals surface area (Å²) in [4.78, 5) is 10.6. The van der Waals surface area contributed by atoms with Crippen molar-refractivity contribution >= 4 is 5.69 Å². The zero-order valence-corrected chi connectivity index (χ0v) is 11.6. The molecule has 0 aliphatic rings. The van der Waals surface area contributed by atoms with Crippen LogP contribution >= 0.6 is 0 Å². The van der Waals surface area contributed by atoms with Gasteiger partial charge in [-0.15, -0.1) is 0 Å². The summed E-state index contributed by atoms with van der Waals surface area (Å²) in [5, 5.41) is 21.2. The Morgan fingerprint density at radius 2 is 1.45 bits per heavy atom. The lowest BCUT2D eigenvalue weighted by Gasteiger charge is -2.11. The molecule has 0 radical (unpaired) electrons. The van der Waals surface area contributed by atoms with Gasteiger partial charge in [-0.2, -0.15) is 0 Å². The van der Waals surface area contributed by atoms with E-state index < -0.39 is 4.92 Å². The molecule has 108 valence electrons. The second-order valence-corrected chi connectivity index (χ2v) is 4.87. The molecule has 4 nitrogen and oxygen atoms in total. The standard InChI is InChI=1S/C18H13NO3/c20-18-9-5-4-8-16(18)17-12-14(19(21)22)10-11-15(17)13-6-2-1-3-7-13/h1-12,20H. The van der Waals surface area contributed by atoms with E-state index in [0.717, 1.165) is 11.1 Å². The molecule has 0 saturated heterocycles. The molecule has 0 heterocycles. The van der Waals surface area contributed by atoms with Crippen LogP contribution in [0.1, 0.15) is 0 Å². The fraction of sp³-hybridized carbons (Fsp3) is 0. The molecule has 0 fully saturated rings. The SMILES string of the molecule is O=[N+]([O-])c1ccc(-c2ccccc2)c(-c2ccccc2O)c1. The number of nitrogens with zero attached hydrogens (tertiary/aromatic N) is 1. The van der Waals surface area contributed by atoms with Crippen molar-refractivity contribution in [3.05, 3.63) is 82.9 Å². The molecule has 3 aromatic rings. The molecule has 0 bridgehead atoms. The van der Waals surface area contributed by atoms with Crippen molar-refractivity contribution in [1.29, 1.82) is 0 Å². The van der Waals surface area contributed by atoms with E-state index in [1.54, 1.807) is 30.3 Å². The minimum atomic E-state index is -0.432. The van der Waals surface area contributed by atoms with Crippen molar-refractivity contribution in [3.63, 3.8) is 0 Å². The predicted octanol–water partition coefficient (Wildman–Crippen LogP) is 4.63. The molecule has 0 saturated carbocycles. The Bertz CT molecular complexity index is 829. The van der Waals surface area contributed by atoms with E-state index in [1.807, 2.05) is 30.3 Å². The van der Waals surface area contributed by atoms with Gasteiger partial charge >= 0.3 is 0 Å². The smallest absolute Gasteiger partial charge is 0.270 e. The molecule has 0 amide bonds. The lowest BCUT2D eigenvalue weighted by Crippen LogP contribution is -1.91. The van der Waals surface area contributed by atoms with Crippen LogP contribution in [-0.4, -0.2) is 10.0 Å². The highest BCUT2D eigenvalue weighted by Crippen LogP contribution is 2.38. The zero-order chi connectivity index (χ0) is 15.5. The summed E-state index contributed by atoms with van der Waals surface area (Å²) < 4.78 is 0. The van der Waals surface area contributed by atoms with Crippen LogP contribution in [0.5, 0.6) is 5.75 Å². The third-order valence-electron chi connectivity index (χ3n) is 3.49. The fourth-order valence-electron chi connectivity index (χ4n) is 2.44. The highest BCUT2D eigenvalue weighted by molar-refractivity contribution is 5.87. The van der Waals surface area contributed by atoms with Gasteiger partial charge in [0.2, 0.25) is 0 Å². The maximum absolute atomic E-state index is 11.1. The van der Waals surface area contributed by atoms with Crippen molar-refractivity contribution in [2.24, 2.45) is 0 Å². The summed E-state index contributed by atoms with van der Waals surface area (Å²) in [5.74, 6) is 0.0974. The summed E-state index contributed by atoms with van der Waals surface area (Å²) in [5.41, 5.74) is 2.99. The van der Waals surface area contributed by atoms with Crippen molar-refractivity contribution in [1.82, 2.24) is 0 Å². The Morgan fingerprint density at radius 3 is 2.14 bits per heavy atom. The van der Waals surface area contributed by atoms with Crippen molar-refractivity contribution in [2.75, 3.05) is 0 Å². The van der Waals surface area contributed by atoms with Crippen LogP contribution < -0.4 is 0 Å². The van der Waals surface area contributed by atoms with Crippen LogP contribution in [0.4, 0.5) is 5.69 Å². The highest BCUT2D eigenvalue weighted by atomic mass is 16.6. The molecule has 0 aliphatic carbocycles. The third-order valence-corrected chi connectivity index (χ3v) is 3.49. The maximum atomic E-state index is 11.1. The quantitative estimate of drug-likeness (QED) is 0.565. The number of aromatic hydroxyl groups is 1.